The number of benzene rings is 1. The topological polar surface area (TPSA) is 32.3 Å². The Kier molecular flexibility index (Phi) is 3.92. The molecule has 0 radical (unpaired) electrons. The van der Waals surface area contributed by atoms with E-state index in [1.807, 2.05) is 0 Å². The lowest BCUT2D eigenvalue weighted by molar-refractivity contribution is -0.133. The average Bonchev–Trinajstić information content (AvgIpc) is 2.71. The van der Waals surface area contributed by atoms with Gasteiger partial charge in [-0.1, -0.05) is 32.0 Å². The molecule has 2 aliphatic rings. The molecule has 0 aliphatic carbocycles. The summed E-state index contributed by atoms with van der Waals surface area (Å²) in [7, 11) is 0. The number of carbonyl (C=O) groups excluding carboxylic acids is 1. The van der Waals surface area contributed by atoms with E-state index in [-0.39, 0.29) is 5.91 Å². The van der Waals surface area contributed by atoms with E-state index in [0.717, 1.165) is 12.8 Å². The zero-order valence-electron chi connectivity index (χ0n) is 13.3. The fraction of sp³-hybridized carbons (Fsp3) is 0.611. The first-order valence-corrected chi connectivity index (χ1v) is 8.20. The molecule has 0 unspecified atom stereocenters. The highest BCUT2D eigenvalue weighted by Crippen LogP contribution is 2.37. The van der Waals surface area contributed by atoms with E-state index < -0.39 is 0 Å². The molecule has 1 aromatic carbocycles. The fourth-order valence-electron chi connectivity index (χ4n) is 4.16. The van der Waals surface area contributed by atoms with Crippen molar-refractivity contribution in [2.75, 3.05) is 5.32 Å². The second-order valence-corrected chi connectivity index (χ2v) is 6.87. The Balaban J connectivity index is 1.72. The largest absolute Gasteiger partial charge is 0.382 e. The minimum absolute atomic E-state index is 0.253. The van der Waals surface area contributed by atoms with E-state index in [2.05, 4.69) is 48.3 Å². The molecular formula is C18H26N2O. The third-order valence-corrected chi connectivity index (χ3v) is 5.04. The van der Waals surface area contributed by atoms with Crippen LogP contribution in [-0.2, 0) is 4.79 Å². The smallest absolute Gasteiger partial charge is 0.219 e. The highest BCUT2D eigenvalue weighted by Gasteiger charge is 2.41. The molecule has 2 saturated heterocycles. The molecule has 0 spiro atoms. The number of nitrogens with zero attached hydrogens (tertiary/aromatic N) is 1. The molecule has 114 valence electrons. The number of para-hydroxylation sites is 1. The van der Waals surface area contributed by atoms with Crippen molar-refractivity contribution in [3.8, 4) is 0 Å². The van der Waals surface area contributed by atoms with Gasteiger partial charge in [-0.25, -0.2) is 0 Å². The van der Waals surface area contributed by atoms with Crippen LogP contribution in [0.5, 0.6) is 0 Å². The van der Waals surface area contributed by atoms with Gasteiger partial charge in [0.25, 0.3) is 0 Å². The van der Waals surface area contributed by atoms with Crippen molar-refractivity contribution in [1.29, 1.82) is 0 Å². The number of amides is 1. The summed E-state index contributed by atoms with van der Waals surface area (Å²) < 4.78 is 0. The lowest BCUT2D eigenvalue weighted by Gasteiger charge is -2.39. The van der Waals surface area contributed by atoms with Gasteiger partial charge >= 0.3 is 0 Å². The summed E-state index contributed by atoms with van der Waals surface area (Å²) in [6, 6.07) is 10.0. The van der Waals surface area contributed by atoms with E-state index in [0.29, 0.717) is 24.0 Å². The quantitative estimate of drug-likeness (QED) is 0.917. The second-order valence-electron chi connectivity index (χ2n) is 6.87. The number of piperidine rings is 1. The summed E-state index contributed by atoms with van der Waals surface area (Å²) in [5.74, 6) is 0.784. The Morgan fingerprint density at radius 2 is 1.81 bits per heavy atom. The Morgan fingerprint density at radius 3 is 2.38 bits per heavy atom. The third kappa shape index (κ3) is 2.78. The predicted molar refractivity (Wildman–Crippen MR) is 86.5 cm³/mol. The van der Waals surface area contributed by atoms with Gasteiger partial charge in [0.2, 0.25) is 5.91 Å². The predicted octanol–water partition coefficient (Wildman–Crippen LogP) is 3.76. The average molecular weight is 286 g/mol. The van der Waals surface area contributed by atoms with Crippen LogP contribution >= 0.6 is 0 Å². The van der Waals surface area contributed by atoms with Crippen LogP contribution in [0, 0.1) is 0 Å². The molecule has 0 aromatic heterocycles. The molecule has 3 nitrogen and oxygen atoms in total. The molecular weight excluding hydrogens is 260 g/mol. The van der Waals surface area contributed by atoms with Crippen molar-refractivity contribution in [1.82, 2.24) is 4.90 Å². The van der Waals surface area contributed by atoms with Crippen LogP contribution in [0.1, 0.15) is 57.9 Å². The summed E-state index contributed by atoms with van der Waals surface area (Å²) >= 11 is 0. The number of anilines is 1. The standard InChI is InChI=1S/C18H26N2O/c1-12(2)17-6-4-5-7-18(17)19-14-10-15-8-9-16(11-14)20(15)13(3)21/h4-7,12,14-16,19H,8-11H2,1-3H3/t14-,15+,16-. The number of fused-ring (bicyclic) bond motifs is 2. The van der Waals surface area contributed by atoms with Gasteiger partial charge in [0, 0.05) is 30.7 Å². The molecule has 2 heterocycles. The van der Waals surface area contributed by atoms with Crippen LogP contribution in [0.2, 0.25) is 0 Å². The molecule has 1 amide bonds. The Bertz CT molecular complexity index is 512. The van der Waals surface area contributed by atoms with E-state index >= 15 is 0 Å². The van der Waals surface area contributed by atoms with Crippen molar-refractivity contribution in [3.63, 3.8) is 0 Å². The molecule has 3 heteroatoms. The molecule has 3 atom stereocenters. The van der Waals surface area contributed by atoms with Gasteiger partial charge in [0.1, 0.15) is 0 Å². The zero-order chi connectivity index (χ0) is 15.0. The van der Waals surface area contributed by atoms with Crippen molar-refractivity contribution in [3.05, 3.63) is 29.8 Å². The molecule has 2 aliphatic heterocycles. The first-order chi connectivity index (χ1) is 10.1. The Morgan fingerprint density at radius 1 is 1.19 bits per heavy atom. The molecule has 3 rings (SSSR count). The van der Waals surface area contributed by atoms with Gasteiger partial charge in [-0.2, -0.15) is 0 Å². The minimum atomic E-state index is 0.253. The molecule has 21 heavy (non-hydrogen) atoms. The van der Waals surface area contributed by atoms with Crippen LogP contribution in [0.3, 0.4) is 0 Å². The number of hydrogen-bond donors (Lipinski definition) is 1. The molecule has 1 N–H and O–H groups in total. The lowest BCUT2D eigenvalue weighted by atomic mass is 9.95. The monoisotopic (exact) mass is 286 g/mol. The maximum absolute atomic E-state index is 11.8. The minimum Gasteiger partial charge on any atom is -0.382 e. The Labute approximate surface area is 127 Å². The van der Waals surface area contributed by atoms with Crippen LogP contribution in [-0.4, -0.2) is 28.9 Å². The zero-order valence-corrected chi connectivity index (χ0v) is 13.3. The van der Waals surface area contributed by atoms with E-state index in [1.165, 1.54) is 24.1 Å². The fourth-order valence-corrected chi connectivity index (χ4v) is 4.16. The second kappa shape index (κ2) is 5.70. The first kappa shape index (κ1) is 14.4. The van der Waals surface area contributed by atoms with Gasteiger partial charge < -0.3 is 10.2 Å². The van der Waals surface area contributed by atoms with Gasteiger partial charge in [0.15, 0.2) is 0 Å². The summed E-state index contributed by atoms with van der Waals surface area (Å²) in [5.41, 5.74) is 2.66. The van der Waals surface area contributed by atoms with Gasteiger partial charge in [0.05, 0.1) is 0 Å². The maximum Gasteiger partial charge on any atom is 0.219 e. The number of rotatable bonds is 3. The van der Waals surface area contributed by atoms with Crippen LogP contribution in [0.15, 0.2) is 24.3 Å². The summed E-state index contributed by atoms with van der Waals surface area (Å²) in [6.45, 7) is 6.19. The highest BCUT2D eigenvalue weighted by molar-refractivity contribution is 5.74. The van der Waals surface area contributed by atoms with E-state index in [4.69, 9.17) is 0 Å². The van der Waals surface area contributed by atoms with E-state index in [1.54, 1.807) is 6.92 Å². The molecule has 1 aromatic rings. The summed E-state index contributed by atoms with van der Waals surface area (Å²) in [5, 5.41) is 3.75. The summed E-state index contributed by atoms with van der Waals surface area (Å²) in [6.07, 6.45) is 4.52. The summed E-state index contributed by atoms with van der Waals surface area (Å²) in [4.78, 5) is 13.9. The van der Waals surface area contributed by atoms with Crippen LogP contribution in [0.25, 0.3) is 0 Å². The number of hydrogen-bond acceptors (Lipinski definition) is 2. The van der Waals surface area contributed by atoms with Crippen molar-refractivity contribution in [2.45, 2.75) is 70.5 Å². The maximum atomic E-state index is 11.8. The first-order valence-electron chi connectivity index (χ1n) is 8.20. The molecule has 0 saturated carbocycles. The van der Waals surface area contributed by atoms with Crippen LogP contribution in [0.4, 0.5) is 5.69 Å². The number of carbonyl (C=O) groups is 1. The van der Waals surface area contributed by atoms with Crippen molar-refractivity contribution < 1.29 is 4.79 Å². The van der Waals surface area contributed by atoms with Crippen molar-refractivity contribution >= 4 is 11.6 Å². The lowest BCUT2D eigenvalue weighted by Crippen LogP contribution is -2.48. The highest BCUT2D eigenvalue weighted by atomic mass is 16.2. The van der Waals surface area contributed by atoms with Gasteiger partial charge in [-0.3, -0.25) is 4.79 Å². The molecule has 2 bridgehead atoms. The van der Waals surface area contributed by atoms with Crippen LogP contribution < -0.4 is 5.32 Å². The normalized spacial score (nSPS) is 28.0. The SMILES string of the molecule is CC(=O)N1[C@@H]2CC[C@H]1C[C@@H](Nc1ccccc1C(C)C)C2. The molecule has 2 fully saturated rings. The van der Waals surface area contributed by atoms with Gasteiger partial charge in [-0.05, 0) is 43.2 Å². The van der Waals surface area contributed by atoms with E-state index in [9.17, 15) is 4.79 Å². The van der Waals surface area contributed by atoms with Gasteiger partial charge in [-0.15, -0.1) is 0 Å². The Hall–Kier alpha value is -1.51. The number of nitrogens with one attached hydrogen (secondary N) is 1. The third-order valence-electron chi connectivity index (χ3n) is 5.04. The van der Waals surface area contributed by atoms with Crippen molar-refractivity contribution in [2.24, 2.45) is 0 Å².